The van der Waals surface area contributed by atoms with Crippen molar-refractivity contribution in [1.82, 2.24) is 5.32 Å². The van der Waals surface area contributed by atoms with Gasteiger partial charge in [-0.3, -0.25) is 10.1 Å². The highest BCUT2D eigenvalue weighted by Crippen LogP contribution is 2.25. The van der Waals surface area contributed by atoms with E-state index < -0.39 is 5.91 Å². The lowest BCUT2D eigenvalue weighted by Gasteiger charge is -2.09. The molecule has 1 heterocycles. The van der Waals surface area contributed by atoms with E-state index in [0.29, 0.717) is 21.3 Å². The van der Waals surface area contributed by atoms with Crippen molar-refractivity contribution in [3.05, 3.63) is 64.3 Å². The van der Waals surface area contributed by atoms with E-state index in [1.54, 1.807) is 30.3 Å². The van der Waals surface area contributed by atoms with Crippen LogP contribution in [0.3, 0.4) is 0 Å². The summed E-state index contributed by atoms with van der Waals surface area (Å²) in [5.41, 5.74) is 1.26. The first-order valence-corrected chi connectivity index (χ1v) is 7.75. The molecule has 23 heavy (non-hydrogen) atoms. The monoisotopic (exact) mass is 364 g/mol. The number of hydrogen-bond acceptors (Lipinski definition) is 3. The molecule has 2 aromatic carbocycles. The number of carbonyl (C=O) groups is 1. The molecule has 0 fully saturated rings. The van der Waals surface area contributed by atoms with Crippen molar-refractivity contribution in [3.63, 3.8) is 0 Å². The molecule has 0 radical (unpaired) electrons. The van der Waals surface area contributed by atoms with Gasteiger partial charge in [-0.1, -0.05) is 41.4 Å². The standard InChI is InChI=1S/C16H10Cl2N2O2S/c17-11-6-5-10(8-12(11)18)19-16(23)20-15(21)14-7-9-3-1-2-4-13(9)22-14/h1-8H,(H2,19,20,21,23). The molecule has 3 rings (SSSR count). The Balaban J connectivity index is 1.69. The average molecular weight is 365 g/mol. The van der Waals surface area contributed by atoms with Gasteiger partial charge in [0.05, 0.1) is 10.0 Å². The Bertz CT molecular complexity index is 875. The second kappa shape index (κ2) is 6.58. The second-order valence-electron chi connectivity index (χ2n) is 4.69. The van der Waals surface area contributed by atoms with Crippen LogP contribution in [0, 0.1) is 0 Å². The molecule has 7 heteroatoms. The number of benzene rings is 2. The molecule has 0 atom stereocenters. The summed E-state index contributed by atoms with van der Waals surface area (Å²) in [6.07, 6.45) is 0. The number of carbonyl (C=O) groups excluding carboxylic acids is 1. The zero-order chi connectivity index (χ0) is 16.4. The van der Waals surface area contributed by atoms with E-state index in [1.165, 1.54) is 0 Å². The summed E-state index contributed by atoms with van der Waals surface area (Å²) in [7, 11) is 0. The quantitative estimate of drug-likeness (QED) is 0.637. The van der Waals surface area contributed by atoms with Crippen LogP contribution in [0.25, 0.3) is 11.0 Å². The van der Waals surface area contributed by atoms with Gasteiger partial charge >= 0.3 is 0 Å². The third kappa shape index (κ3) is 3.64. The van der Waals surface area contributed by atoms with Gasteiger partial charge in [0.1, 0.15) is 5.58 Å². The topological polar surface area (TPSA) is 54.3 Å². The molecule has 0 saturated carbocycles. The Labute approximate surface area is 147 Å². The number of halogens is 2. The Morgan fingerprint density at radius 1 is 1.04 bits per heavy atom. The maximum atomic E-state index is 12.2. The summed E-state index contributed by atoms with van der Waals surface area (Å²) in [6, 6.07) is 14.0. The fourth-order valence-corrected chi connectivity index (χ4v) is 2.50. The summed E-state index contributed by atoms with van der Waals surface area (Å²) in [5.74, 6) is -0.247. The Morgan fingerprint density at radius 2 is 1.83 bits per heavy atom. The molecule has 116 valence electrons. The van der Waals surface area contributed by atoms with E-state index in [9.17, 15) is 4.79 Å². The molecule has 0 aliphatic heterocycles. The van der Waals surface area contributed by atoms with Crippen LogP contribution in [-0.4, -0.2) is 11.0 Å². The number of hydrogen-bond donors (Lipinski definition) is 2. The van der Waals surface area contributed by atoms with Crippen molar-refractivity contribution in [2.75, 3.05) is 5.32 Å². The van der Waals surface area contributed by atoms with Gasteiger partial charge < -0.3 is 9.73 Å². The van der Waals surface area contributed by atoms with Crippen molar-refractivity contribution in [3.8, 4) is 0 Å². The van der Waals surface area contributed by atoms with Crippen LogP contribution >= 0.6 is 35.4 Å². The van der Waals surface area contributed by atoms with Gasteiger partial charge in [0.2, 0.25) is 0 Å². The van der Waals surface area contributed by atoms with E-state index >= 15 is 0 Å². The highest BCUT2D eigenvalue weighted by atomic mass is 35.5. The lowest BCUT2D eigenvalue weighted by molar-refractivity contribution is 0.0953. The zero-order valence-corrected chi connectivity index (χ0v) is 13.9. The minimum atomic E-state index is -0.432. The lowest BCUT2D eigenvalue weighted by Crippen LogP contribution is -2.33. The van der Waals surface area contributed by atoms with Gasteiger partial charge in [0.25, 0.3) is 5.91 Å². The first-order chi connectivity index (χ1) is 11.0. The first-order valence-electron chi connectivity index (χ1n) is 6.59. The molecule has 0 aliphatic carbocycles. The summed E-state index contributed by atoms with van der Waals surface area (Å²) >= 11 is 16.9. The number of nitrogens with one attached hydrogen (secondary N) is 2. The summed E-state index contributed by atoms with van der Waals surface area (Å²) in [4.78, 5) is 12.2. The van der Waals surface area contributed by atoms with Crippen LogP contribution in [0.15, 0.2) is 52.9 Å². The van der Waals surface area contributed by atoms with Gasteiger partial charge in [0.15, 0.2) is 10.9 Å². The van der Waals surface area contributed by atoms with Crippen LogP contribution in [-0.2, 0) is 0 Å². The molecule has 0 unspecified atom stereocenters. The summed E-state index contributed by atoms with van der Waals surface area (Å²) in [6.45, 7) is 0. The van der Waals surface area contributed by atoms with Gasteiger partial charge in [-0.25, -0.2) is 0 Å². The summed E-state index contributed by atoms with van der Waals surface area (Å²) in [5, 5.41) is 7.22. The van der Waals surface area contributed by atoms with Crippen molar-refractivity contribution < 1.29 is 9.21 Å². The first kappa shape index (κ1) is 15.8. The molecule has 1 amide bonds. The largest absolute Gasteiger partial charge is 0.451 e. The Morgan fingerprint density at radius 3 is 2.57 bits per heavy atom. The van der Waals surface area contributed by atoms with Crippen LogP contribution in [0.2, 0.25) is 10.0 Å². The number of anilines is 1. The fourth-order valence-electron chi connectivity index (χ4n) is 1.99. The zero-order valence-electron chi connectivity index (χ0n) is 11.6. The van der Waals surface area contributed by atoms with E-state index in [4.69, 9.17) is 39.8 Å². The molecule has 0 spiro atoms. The van der Waals surface area contributed by atoms with Crippen molar-refractivity contribution in [2.24, 2.45) is 0 Å². The van der Waals surface area contributed by atoms with E-state index in [2.05, 4.69) is 10.6 Å². The van der Waals surface area contributed by atoms with E-state index in [1.807, 2.05) is 18.2 Å². The minimum Gasteiger partial charge on any atom is -0.451 e. The molecule has 0 saturated heterocycles. The Hall–Kier alpha value is -2.08. The Kier molecular flexibility index (Phi) is 4.52. The summed E-state index contributed by atoms with van der Waals surface area (Å²) < 4.78 is 5.48. The van der Waals surface area contributed by atoms with E-state index in [0.717, 1.165) is 5.39 Å². The van der Waals surface area contributed by atoms with Gasteiger partial charge in [-0.15, -0.1) is 0 Å². The lowest BCUT2D eigenvalue weighted by atomic mass is 10.2. The molecule has 4 nitrogen and oxygen atoms in total. The van der Waals surface area contributed by atoms with Gasteiger partial charge in [0, 0.05) is 11.1 Å². The third-order valence-corrected chi connectivity index (χ3v) is 4.00. The smallest absolute Gasteiger partial charge is 0.293 e. The predicted molar refractivity (Wildman–Crippen MR) is 96.4 cm³/mol. The second-order valence-corrected chi connectivity index (χ2v) is 5.91. The number of fused-ring (bicyclic) bond motifs is 1. The molecular weight excluding hydrogens is 355 g/mol. The number of amides is 1. The van der Waals surface area contributed by atoms with Gasteiger partial charge in [-0.05, 0) is 42.5 Å². The predicted octanol–water partition coefficient (Wildman–Crippen LogP) is 4.87. The number of para-hydroxylation sites is 1. The maximum Gasteiger partial charge on any atom is 0.293 e. The molecule has 0 aliphatic rings. The van der Waals surface area contributed by atoms with Crippen molar-refractivity contribution >= 4 is 63.1 Å². The van der Waals surface area contributed by atoms with E-state index in [-0.39, 0.29) is 10.9 Å². The fraction of sp³-hybridized carbons (Fsp3) is 0. The van der Waals surface area contributed by atoms with Crippen LogP contribution < -0.4 is 10.6 Å². The molecular formula is C16H10Cl2N2O2S. The number of furan rings is 1. The highest BCUT2D eigenvalue weighted by molar-refractivity contribution is 7.80. The normalized spacial score (nSPS) is 10.5. The number of rotatable bonds is 2. The van der Waals surface area contributed by atoms with Crippen LogP contribution in [0.1, 0.15) is 10.6 Å². The van der Waals surface area contributed by atoms with Crippen LogP contribution in [0.5, 0.6) is 0 Å². The third-order valence-electron chi connectivity index (χ3n) is 3.05. The SMILES string of the molecule is O=C(NC(=S)Nc1ccc(Cl)c(Cl)c1)c1cc2ccccc2o1. The van der Waals surface area contributed by atoms with Gasteiger partial charge in [-0.2, -0.15) is 0 Å². The minimum absolute atomic E-state index is 0.133. The number of thiocarbonyl (C=S) groups is 1. The van der Waals surface area contributed by atoms with Crippen molar-refractivity contribution in [1.29, 1.82) is 0 Å². The molecule has 0 bridgehead atoms. The molecule has 2 N–H and O–H groups in total. The maximum absolute atomic E-state index is 12.2. The highest BCUT2D eigenvalue weighted by Gasteiger charge is 2.13. The molecule has 1 aromatic heterocycles. The van der Waals surface area contributed by atoms with Crippen LogP contribution in [0.4, 0.5) is 5.69 Å². The molecule has 3 aromatic rings. The van der Waals surface area contributed by atoms with Crippen molar-refractivity contribution in [2.45, 2.75) is 0 Å². The average Bonchev–Trinajstić information content (AvgIpc) is 2.95.